The molecule has 1 aromatic carbocycles. The fourth-order valence-electron chi connectivity index (χ4n) is 3.82. The van der Waals surface area contributed by atoms with E-state index in [4.69, 9.17) is 0 Å². The molecule has 28 heavy (non-hydrogen) atoms. The molecular weight excluding hydrogens is 373 g/mol. The van der Waals surface area contributed by atoms with E-state index >= 15 is 0 Å². The quantitative estimate of drug-likeness (QED) is 0.802. The van der Waals surface area contributed by atoms with Crippen molar-refractivity contribution in [2.45, 2.75) is 50.7 Å². The minimum absolute atomic E-state index is 0.0368. The molecule has 1 heterocycles. The second-order valence-electron chi connectivity index (χ2n) is 7.22. The van der Waals surface area contributed by atoms with Crippen LogP contribution in [0.5, 0.6) is 0 Å². The molecule has 1 fully saturated rings. The van der Waals surface area contributed by atoms with Crippen LogP contribution in [0.15, 0.2) is 41.3 Å². The van der Waals surface area contributed by atoms with Crippen molar-refractivity contribution >= 4 is 5.97 Å². The van der Waals surface area contributed by atoms with Crippen LogP contribution in [0.25, 0.3) is 0 Å². The molecule has 0 aliphatic heterocycles. The molecule has 150 valence electrons. The Balaban J connectivity index is 1.84. The first-order chi connectivity index (χ1) is 13.3. The van der Waals surface area contributed by atoms with Crippen LogP contribution in [0, 0.1) is 5.92 Å². The highest BCUT2D eigenvalue weighted by Crippen LogP contribution is 2.33. The van der Waals surface area contributed by atoms with E-state index < -0.39 is 29.3 Å². The van der Waals surface area contributed by atoms with Crippen LogP contribution in [0.1, 0.15) is 54.8 Å². The molecular formula is C20H21F3N2O3. The summed E-state index contributed by atoms with van der Waals surface area (Å²) in [5, 5.41) is 13.5. The first kappa shape index (κ1) is 20.1. The molecule has 5 nitrogen and oxygen atoms in total. The maximum absolute atomic E-state index is 13.1. The van der Waals surface area contributed by atoms with Gasteiger partial charge >= 0.3 is 12.1 Å². The van der Waals surface area contributed by atoms with Gasteiger partial charge < -0.3 is 5.11 Å². The predicted molar refractivity (Wildman–Crippen MR) is 96.0 cm³/mol. The highest BCUT2D eigenvalue weighted by atomic mass is 19.4. The van der Waals surface area contributed by atoms with Crippen LogP contribution in [-0.2, 0) is 17.4 Å². The van der Waals surface area contributed by atoms with E-state index in [1.54, 1.807) is 0 Å². The van der Waals surface area contributed by atoms with Crippen LogP contribution in [0.3, 0.4) is 0 Å². The van der Waals surface area contributed by atoms with Gasteiger partial charge in [0.2, 0.25) is 0 Å². The Hall–Kier alpha value is -2.64. The van der Waals surface area contributed by atoms with Crippen molar-refractivity contribution in [3.05, 3.63) is 63.6 Å². The Kier molecular flexibility index (Phi) is 5.86. The molecule has 3 rings (SSSR count). The van der Waals surface area contributed by atoms with Crippen LogP contribution in [-0.4, -0.2) is 20.9 Å². The number of halogens is 3. The monoisotopic (exact) mass is 394 g/mol. The summed E-state index contributed by atoms with van der Waals surface area (Å²) in [6.07, 6.45) is 0.981. The Morgan fingerprint density at radius 2 is 1.93 bits per heavy atom. The van der Waals surface area contributed by atoms with Gasteiger partial charge in [-0.15, -0.1) is 0 Å². The van der Waals surface area contributed by atoms with E-state index in [1.165, 1.54) is 30.5 Å². The molecule has 0 spiro atoms. The Bertz CT molecular complexity index is 902. The number of aromatic nitrogens is 2. The number of hydrogen-bond donors (Lipinski definition) is 1. The average molecular weight is 394 g/mol. The highest BCUT2D eigenvalue weighted by molar-refractivity contribution is 5.71. The summed E-state index contributed by atoms with van der Waals surface area (Å²) in [4.78, 5) is 24.1. The molecule has 8 heteroatoms. The normalized spacial score (nSPS) is 16.2. The SMILES string of the molecule is O=C(O)C(CC1CCCC1)n1ncc(Cc2ccccc2C(F)(F)F)cc1=O. The van der Waals surface area contributed by atoms with Crippen LogP contribution in [0.2, 0.25) is 0 Å². The third-order valence-electron chi connectivity index (χ3n) is 5.21. The van der Waals surface area contributed by atoms with Gasteiger partial charge in [0.15, 0.2) is 6.04 Å². The standard InChI is InChI=1S/C20H21F3N2O3/c21-20(22,23)16-8-4-3-7-15(16)9-14-11-18(26)25(24-12-14)17(19(27)28)10-13-5-1-2-6-13/h3-4,7-8,11-13,17H,1-2,5-6,9-10H2,(H,27,28). The maximum atomic E-state index is 13.1. The first-order valence-electron chi connectivity index (χ1n) is 9.21. The smallest absolute Gasteiger partial charge is 0.416 e. The Morgan fingerprint density at radius 3 is 2.54 bits per heavy atom. The molecule has 0 bridgehead atoms. The van der Waals surface area contributed by atoms with Gasteiger partial charge in [-0.2, -0.15) is 18.3 Å². The highest BCUT2D eigenvalue weighted by Gasteiger charge is 2.33. The fourth-order valence-corrected chi connectivity index (χ4v) is 3.82. The van der Waals surface area contributed by atoms with Crippen molar-refractivity contribution in [3.8, 4) is 0 Å². The van der Waals surface area contributed by atoms with Gasteiger partial charge in [-0.25, -0.2) is 9.48 Å². The summed E-state index contributed by atoms with van der Waals surface area (Å²) in [7, 11) is 0. The number of carbonyl (C=O) groups is 1. The van der Waals surface area contributed by atoms with Gasteiger partial charge in [0.25, 0.3) is 5.56 Å². The molecule has 1 aliphatic rings. The van der Waals surface area contributed by atoms with Crippen molar-refractivity contribution in [1.29, 1.82) is 0 Å². The zero-order valence-electron chi connectivity index (χ0n) is 15.2. The van der Waals surface area contributed by atoms with E-state index in [0.717, 1.165) is 36.4 Å². The van der Waals surface area contributed by atoms with E-state index in [0.29, 0.717) is 12.0 Å². The molecule has 2 aromatic rings. The zero-order valence-corrected chi connectivity index (χ0v) is 15.2. The molecule has 0 radical (unpaired) electrons. The number of nitrogens with zero attached hydrogens (tertiary/aromatic N) is 2. The van der Waals surface area contributed by atoms with Crippen LogP contribution in [0.4, 0.5) is 13.2 Å². The molecule has 1 saturated carbocycles. The summed E-state index contributed by atoms with van der Waals surface area (Å²) in [6, 6.07) is 5.27. The molecule has 0 saturated heterocycles. The molecule has 1 aromatic heterocycles. The summed E-state index contributed by atoms with van der Waals surface area (Å²) in [5.74, 6) is -0.884. The molecule has 1 N–H and O–H groups in total. The average Bonchev–Trinajstić information content (AvgIpc) is 3.13. The van der Waals surface area contributed by atoms with E-state index in [-0.39, 0.29) is 17.9 Å². The molecule has 1 aliphatic carbocycles. The van der Waals surface area contributed by atoms with Crippen LogP contribution < -0.4 is 5.56 Å². The van der Waals surface area contributed by atoms with E-state index in [2.05, 4.69) is 5.10 Å². The minimum Gasteiger partial charge on any atom is -0.480 e. The Morgan fingerprint density at radius 1 is 1.25 bits per heavy atom. The first-order valence-corrected chi connectivity index (χ1v) is 9.21. The number of carboxylic acids is 1. The Labute approximate surface area is 159 Å². The maximum Gasteiger partial charge on any atom is 0.416 e. The van der Waals surface area contributed by atoms with Crippen molar-refractivity contribution < 1.29 is 23.1 Å². The summed E-state index contributed by atoms with van der Waals surface area (Å²) in [5.41, 5.74) is -1.03. The lowest BCUT2D eigenvalue weighted by atomic mass is 9.98. The lowest BCUT2D eigenvalue weighted by molar-refractivity contribution is -0.142. The number of benzene rings is 1. The number of hydrogen-bond acceptors (Lipinski definition) is 3. The topological polar surface area (TPSA) is 72.2 Å². The van der Waals surface area contributed by atoms with Gasteiger partial charge in [-0.3, -0.25) is 4.79 Å². The van der Waals surface area contributed by atoms with E-state index in [1.807, 2.05) is 0 Å². The second-order valence-corrected chi connectivity index (χ2v) is 7.22. The van der Waals surface area contributed by atoms with Crippen molar-refractivity contribution in [2.75, 3.05) is 0 Å². The summed E-state index contributed by atoms with van der Waals surface area (Å²) in [6.45, 7) is 0. The molecule has 1 unspecified atom stereocenters. The van der Waals surface area contributed by atoms with Gasteiger partial charge in [0.1, 0.15) is 0 Å². The van der Waals surface area contributed by atoms with Crippen molar-refractivity contribution in [3.63, 3.8) is 0 Å². The number of aliphatic carboxylic acids is 1. The lowest BCUT2D eigenvalue weighted by Gasteiger charge is -2.18. The summed E-state index contributed by atoms with van der Waals surface area (Å²) < 4.78 is 40.3. The van der Waals surface area contributed by atoms with E-state index in [9.17, 15) is 27.9 Å². The molecule has 0 amide bonds. The fraction of sp³-hybridized carbons (Fsp3) is 0.450. The third kappa shape index (κ3) is 4.61. The van der Waals surface area contributed by atoms with Crippen molar-refractivity contribution in [1.82, 2.24) is 9.78 Å². The van der Waals surface area contributed by atoms with Gasteiger partial charge in [0.05, 0.1) is 11.8 Å². The minimum atomic E-state index is -4.49. The molecule has 1 atom stereocenters. The lowest BCUT2D eigenvalue weighted by Crippen LogP contribution is -2.33. The predicted octanol–water partition coefficient (Wildman–Crippen LogP) is 4.06. The van der Waals surface area contributed by atoms with Crippen LogP contribution >= 0.6 is 0 Å². The third-order valence-corrected chi connectivity index (χ3v) is 5.21. The zero-order chi connectivity index (χ0) is 20.3. The number of rotatable bonds is 6. The second kappa shape index (κ2) is 8.16. The van der Waals surface area contributed by atoms with Gasteiger partial charge in [-0.05, 0) is 36.0 Å². The van der Waals surface area contributed by atoms with Gasteiger partial charge in [0, 0.05) is 6.07 Å². The number of carboxylic acid groups (broad SMARTS) is 1. The number of alkyl halides is 3. The largest absolute Gasteiger partial charge is 0.480 e. The van der Waals surface area contributed by atoms with Gasteiger partial charge in [-0.1, -0.05) is 43.9 Å². The summed E-state index contributed by atoms with van der Waals surface area (Å²) >= 11 is 0. The van der Waals surface area contributed by atoms with Crippen molar-refractivity contribution in [2.24, 2.45) is 5.92 Å².